The molecule has 0 N–H and O–H groups in total. The van der Waals surface area contributed by atoms with Crippen molar-refractivity contribution in [1.29, 1.82) is 0 Å². The van der Waals surface area contributed by atoms with Crippen molar-refractivity contribution in [2.24, 2.45) is 0 Å². The van der Waals surface area contributed by atoms with Gasteiger partial charge in [-0.2, -0.15) is 0 Å². The average molecular weight is 737 g/mol. The van der Waals surface area contributed by atoms with Gasteiger partial charge in [0.15, 0.2) is 0 Å². The Kier molecular flexibility index (Phi) is 45.2. The summed E-state index contributed by atoms with van der Waals surface area (Å²) in [6.45, 7) is 9.36. The molecule has 0 spiro atoms. The number of rotatable bonds is 46. The summed E-state index contributed by atoms with van der Waals surface area (Å²) in [5.41, 5.74) is 0. The minimum absolute atomic E-state index is 1.16. The van der Waals surface area contributed by atoms with E-state index in [9.17, 15) is 0 Å². The molecule has 1 heteroatoms. The Morgan fingerprint density at radius 1 is 0.157 bits per heavy atom. The molecule has 0 saturated heterocycles. The molecule has 0 radical (unpaired) electrons. The van der Waals surface area contributed by atoms with Crippen LogP contribution in [0.15, 0.2) is 0 Å². The second-order valence-electron chi connectivity index (χ2n) is 17.9. The van der Waals surface area contributed by atoms with Crippen LogP contribution in [0.5, 0.6) is 0 Å². The molecule has 0 fully saturated rings. The van der Waals surface area contributed by atoms with Gasteiger partial charge in [0.25, 0.3) is 0 Å². The molecule has 310 valence electrons. The van der Waals surface area contributed by atoms with Crippen molar-refractivity contribution in [3.05, 3.63) is 0 Å². The van der Waals surface area contributed by atoms with Gasteiger partial charge in [-0.15, -0.1) is 0 Å². The Labute approximate surface area is 328 Å². The summed E-state index contributed by atoms with van der Waals surface area (Å²) in [4.78, 5) is 0. The van der Waals surface area contributed by atoms with Crippen LogP contribution in [0, 0.1) is 0 Å². The smallest absolute Gasteiger partial charge is 0.0654 e. The average Bonchev–Trinajstić information content (AvgIpc) is 3.14. The maximum absolute atomic E-state index is 2.35. The van der Waals surface area contributed by atoms with Crippen LogP contribution in [-0.2, 0) is 0 Å². The summed E-state index contributed by atoms with van der Waals surface area (Å²) >= 11 is 0. The first-order chi connectivity index (χ1) is 25.2. The predicted molar refractivity (Wildman–Crippen MR) is 244 cm³/mol. The van der Waals surface area contributed by atoms with Gasteiger partial charge in [0.05, 0.1) is 0 Å². The van der Waals surface area contributed by atoms with Crippen LogP contribution >= 0.6 is 7.26 Å². The quantitative estimate of drug-likeness (QED) is 0.0431. The number of hydrogen-bond donors (Lipinski definition) is 0. The van der Waals surface area contributed by atoms with E-state index in [-0.39, 0.29) is 0 Å². The third-order valence-corrected chi connectivity index (χ3v) is 18.4. The van der Waals surface area contributed by atoms with E-state index in [2.05, 4.69) is 27.7 Å². The molecule has 0 unspecified atom stereocenters. The first-order valence-electron chi connectivity index (χ1n) is 25.2. The van der Waals surface area contributed by atoms with Gasteiger partial charge in [0, 0.05) is 0 Å². The molecule has 0 bridgehead atoms. The van der Waals surface area contributed by atoms with Crippen LogP contribution in [0.4, 0.5) is 0 Å². The van der Waals surface area contributed by atoms with Gasteiger partial charge < -0.3 is 0 Å². The second kappa shape index (κ2) is 44.8. The Bertz CT molecular complexity index is 533. The fourth-order valence-electron chi connectivity index (χ4n) is 9.05. The van der Waals surface area contributed by atoms with E-state index < -0.39 is 7.26 Å². The molecule has 0 heterocycles. The normalized spacial score (nSPS) is 12.3. The van der Waals surface area contributed by atoms with E-state index in [1.807, 2.05) is 0 Å². The van der Waals surface area contributed by atoms with Crippen LogP contribution in [0.2, 0.25) is 0 Å². The standard InChI is InChI=1S/C50H105P/c1-5-9-13-17-21-25-28-32-36-40-44-48-51(47-43-39-35-31-24-20-16-12-8-4,49-45-41-37-33-29-26-22-18-14-10-6-2)50-46-42-38-34-30-27-23-19-15-11-7-3/h51H,5-50H2,1-4H3. The van der Waals surface area contributed by atoms with E-state index in [1.165, 1.54) is 225 Å². The summed E-state index contributed by atoms with van der Waals surface area (Å²) < 4.78 is 0. The number of unbranched alkanes of at least 4 members (excludes halogenated alkanes) is 38. The minimum Gasteiger partial charge on any atom is -0.0654 e. The number of hydrogen-bond acceptors (Lipinski definition) is 0. The van der Waals surface area contributed by atoms with Gasteiger partial charge in [0.2, 0.25) is 0 Å². The third kappa shape index (κ3) is 39.9. The molecule has 0 aliphatic rings. The fourth-order valence-corrected chi connectivity index (χ4v) is 14.6. The van der Waals surface area contributed by atoms with Crippen molar-refractivity contribution in [3.8, 4) is 0 Å². The zero-order valence-electron chi connectivity index (χ0n) is 37.0. The van der Waals surface area contributed by atoms with E-state index >= 15 is 0 Å². The Morgan fingerprint density at radius 3 is 0.412 bits per heavy atom. The van der Waals surface area contributed by atoms with Crippen LogP contribution < -0.4 is 0 Å². The van der Waals surface area contributed by atoms with E-state index in [1.54, 1.807) is 69.6 Å². The fraction of sp³-hybridized carbons (Fsp3) is 1.00. The second-order valence-corrected chi connectivity index (χ2v) is 22.9. The Balaban J connectivity index is 4.87. The summed E-state index contributed by atoms with van der Waals surface area (Å²) in [7, 11) is -1.16. The molecular formula is C50H105P. The minimum atomic E-state index is -1.16. The Morgan fingerprint density at radius 2 is 0.275 bits per heavy atom. The molecule has 0 aromatic heterocycles. The van der Waals surface area contributed by atoms with Crippen molar-refractivity contribution in [2.45, 2.75) is 297 Å². The third-order valence-electron chi connectivity index (χ3n) is 12.7. The molecule has 0 aliphatic heterocycles. The molecule has 0 aliphatic carbocycles. The van der Waals surface area contributed by atoms with Crippen LogP contribution in [0.1, 0.15) is 297 Å². The van der Waals surface area contributed by atoms with Crippen molar-refractivity contribution in [2.75, 3.05) is 24.6 Å². The molecule has 0 aromatic carbocycles. The van der Waals surface area contributed by atoms with E-state index in [0.717, 1.165) is 0 Å². The van der Waals surface area contributed by atoms with Crippen LogP contribution in [0.25, 0.3) is 0 Å². The van der Waals surface area contributed by atoms with Crippen molar-refractivity contribution in [1.82, 2.24) is 0 Å². The van der Waals surface area contributed by atoms with Crippen LogP contribution in [-0.4, -0.2) is 24.6 Å². The molecule has 0 atom stereocenters. The molecule has 0 nitrogen and oxygen atoms in total. The van der Waals surface area contributed by atoms with E-state index in [0.29, 0.717) is 0 Å². The Hall–Kier alpha value is 0.430. The van der Waals surface area contributed by atoms with Crippen molar-refractivity contribution in [3.63, 3.8) is 0 Å². The molecule has 0 amide bonds. The van der Waals surface area contributed by atoms with Gasteiger partial charge in [0.1, 0.15) is 0 Å². The monoisotopic (exact) mass is 737 g/mol. The SMILES string of the molecule is CCCCCCCCCCCCC[PH](CCCCCCCCCCC)(CCCCCCCCCCCCC)CCCCCCCCCCCCC. The predicted octanol–water partition coefficient (Wildman–Crippen LogP) is 19.2. The van der Waals surface area contributed by atoms with Crippen molar-refractivity contribution >= 4 is 7.26 Å². The first kappa shape index (κ1) is 51.4. The van der Waals surface area contributed by atoms with Gasteiger partial charge >= 0.3 is 309 Å². The molecule has 0 saturated carbocycles. The zero-order chi connectivity index (χ0) is 37.0. The molecule has 0 rings (SSSR count). The molecule has 0 aromatic rings. The summed E-state index contributed by atoms with van der Waals surface area (Å²) in [5.74, 6) is 0. The zero-order valence-corrected chi connectivity index (χ0v) is 38.0. The molecular weight excluding hydrogens is 632 g/mol. The van der Waals surface area contributed by atoms with Crippen molar-refractivity contribution < 1.29 is 0 Å². The summed E-state index contributed by atoms with van der Waals surface area (Å²) in [6.07, 6.45) is 69.5. The van der Waals surface area contributed by atoms with E-state index in [4.69, 9.17) is 0 Å². The maximum atomic E-state index is 2.35. The van der Waals surface area contributed by atoms with Crippen LogP contribution in [0.3, 0.4) is 0 Å². The van der Waals surface area contributed by atoms with Gasteiger partial charge in [-0.05, 0) is 0 Å². The molecule has 51 heavy (non-hydrogen) atoms. The topological polar surface area (TPSA) is 0 Å². The van der Waals surface area contributed by atoms with Gasteiger partial charge in [-0.1, -0.05) is 20.8 Å². The summed E-state index contributed by atoms with van der Waals surface area (Å²) in [6, 6.07) is 0. The van der Waals surface area contributed by atoms with Gasteiger partial charge in [-0.3, -0.25) is 0 Å². The first-order valence-corrected chi connectivity index (χ1v) is 28.1. The van der Waals surface area contributed by atoms with Gasteiger partial charge in [-0.25, -0.2) is 0 Å². The summed E-state index contributed by atoms with van der Waals surface area (Å²) in [5, 5.41) is 0.